The lowest BCUT2D eigenvalue weighted by Gasteiger charge is -2.38. The van der Waals surface area contributed by atoms with Crippen molar-refractivity contribution in [2.24, 2.45) is 5.73 Å². The summed E-state index contributed by atoms with van der Waals surface area (Å²) >= 11 is 0. The first-order chi connectivity index (χ1) is 8.58. The molecule has 0 spiro atoms. The monoisotopic (exact) mass is 272 g/mol. The van der Waals surface area contributed by atoms with E-state index in [2.05, 4.69) is 0 Å². The number of hydrogen-bond donors (Lipinski definition) is 1. The molecule has 5 heteroatoms. The zero-order valence-electron chi connectivity index (χ0n) is 12.9. The number of amides is 1. The zero-order valence-corrected chi connectivity index (χ0v) is 12.9. The van der Waals surface area contributed by atoms with Gasteiger partial charge in [0.1, 0.15) is 5.60 Å². The van der Waals surface area contributed by atoms with Crippen molar-refractivity contribution < 1.29 is 14.3 Å². The Morgan fingerprint density at radius 3 is 2.21 bits per heavy atom. The minimum atomic E-state index is -0.487. The Labute approximate surface area is 116 Å². The second kappa shape index (κ2) is 6.09. The molecule has 0 radical (unpaired) electrons. The van der Waals surface area contributed by atoms with Gasteiger partial charge in [0.15, 0.2) is 0 Å². The van der Waals surface area contributed by atoms with Gasteiger partial charge in [-0.2, -0.15) is 0 Å². The average molecular weight is 272 g/mol. The molecule has 19 heavy (non-hydrogen) atoms. The SMILES string of the molecule is CC(C)(N)CN(C(=O)OC(C)(C)C)C1CCOCC1. The highest BCUT2D eigenvalue weighted by atomic mass is 16.6. The van der Waals surface area contributed by atoms with Crippen molar-refractivity contribution in [3.05, 3.63) is 0 Å². The average Bonchev–Trinajstić information content (AvgIpc) is 2.23. The Hall–Kier alpha value is -0.810. The van der Waals surface area contributed by atoms with Gasteiger partial charge in [-0.1, -0.05) is 0 Å². The molecular formula is C14H28N2O3. The second-order valence-corrected chi connectivity index (χ2v) is 6.94. The van der Waals surface area contributed by atoms with Crippen LogP contribution < -0.4 is 5.73 Å². The minimum absolute atomic E-state index is 0.159. The van der Waals surface area contributed by atoms with Crippen molar-refractivity contribution >= 4 is 6.09 Å². The van der Waals surface area contributed by atoms with E-state index in [0.717, 1.165) is 12.8 Å². The van der Waals surface area contributed by atoms with Gasteiger partial charge in [-0.05, 0) is 47.5 Å². The fourth-order valence-electron chi connectivity index (χ4n) is 2.10. The van der Waals surface area contributed by atoms with Crippen molar-refractivity contribution in [1.29, 1.82) is 0 Å². The van der Waals surface area contributed by atoms with Gasteiger partial charge in [-0.3, -0.25) is 0 Å². The van der Waals surface area contributed by atoms with Gasteiger partial charge in [0.2, 0.25) is 0 Å². The van der Waals surface area contributed by atoms with E-state index in [-0.39, 0.29) is 12.1 Å². The van der Waals surface area contributed by atoms with E-state index in [1.54, 1.807) is 4.90 Å². The number of ether oxygens (including phenoxy) is 2. The van der Waals surface area contributed by atoms with E-state index < -0.39 is 11.1 Å². The first-order valence-electron chi connectivity index (χ1n) is 6.95. The molecule has 0 saturated carbocycles. The van der Waals surface area contributed by atoms with Crippen LogP contribution in [0.15, 0.2) is 0 Å². The molecule has 2 N–H and O–H groups in total. The maximum atomic E-state index is 12.3. The molecule has 1 saturated heterocycles. The third-order valence-electron chi connectivity index (χ3n) is 2.84. The predicted octanol–water partition coefficient (Wildman–Crippen LogP) is 2.14. The number of hydrogen-bond acceptors (Lipinski definition) is 4. The topological polar surface area (TPSA) is 64.8 Å². The lowest BCUT2D eigenvalue weighted by atomic mass is 10.0. The Balaban J connectivity index is 2.76. The fourth-order valence-corrected chi connectivity index (χ4v) is 2.10. The van der Waals surface area contributed by atoms with E-state index in [0.29, 0.717) is 19.8 Å². The minimum Gasteiger partial charge on any atom is -0.444 e. The van der Waals surface area contributed by atoms with Gasteiger partial charge in [0.25, 0.3) is 0 Å². The first kappa shape index (κ1) is 16.2. The van der Waals surface area contributed by atoms with Gasteiger partial charge in [0.05, 0.1) is 0 Å². The van der Waals surface area contributed by atoms with Crippen LogP contribution in [0.1, 0.15) is 47.5 Å². The molecule has 0 aromatic heterocycles. The third-order valence-corrected chi connectivity index (χ3v) is 2.84. The summed E-state index contributed by atoms with van der Waals surface area (Å²) in [6.07, 6.45) is 1.41. The predicted molar refractivity (Wildman–Crippen MR) is 75.0 cm³/mol. The summed E-state index contributed by atoms with van der Waals surface area (Å²) in [5.74, 6) is 0. The summed E-state index contributed by atoms with van der Waals surface area (Å²) < 4.78 is 10.8. The summed E-state index contributed by atoms with van der Waals surface area (Å²) in [5.41, 5.74) is 5.14. The van der Waals surface area contributed by atoms with E-state index >= 15 is 0 Å². The Morgan fingerprint density at radius 2 is 1.79 bits per heavy atom. The number of nitrogens with zero attached hydrogens (tertiary/aromatic N) is 1. The number of carbonyl (C=O) groups is 1. The van der Waals surface area contributed by atoms with Crippen LogP contribution in [-0.4, -0.2) is 47.9 Å². The highest BCUT2D eigenvalue weighted by Gasteiger charge is 2.32. The highest BCUT2D eigenvalue weighted by molar-refractivity contribution is 5.68. The van der Waals surface area contributed by atoms with Crippen molar-refractivity contribution in [2.75, 3.05) is 19.8 Å². The summed E-state index contributed by atoms with van der Waals surface area (Å²) in [5, 5.41) is 0. The molecule has 0 bridgehead atoms. The Kier molecular flexibility index (Phi) is 5.21. The van der Waals surface area contributed by atoms with Crippen LogP contribution in [0.25, 0.3) is 0 Å². The second-order valence-electron chi connectivity index (χ2n) is 6.94. The van der Waals surface area contributed by atoms with Gasteiger partial charge < -0.3 is 20.1 Å². The standard InChI is InChI=1S/C14H28N2O3/c1-13(2,3)19-12(17)16(10-14(4,5)15)11-6-8-18-9-7-11/h11H,6-10,15H2,1-5H3. The Morgan fingerprint density at radius 1 is 1.26 bits per heavy atom. The Bertz CT molecular complexity index is 299. The summed E-state index contributed by atoms with van der Waals surface area (Å²) in [6.45, 7) is 11.3. The number of carbonyl (C=O) groups excluding carboxylic acids is 1. The van der Waals surface area contributed by atoms with Crippen LogP contribution in [0.5, 0.6) is 0 Å². The van der Waals surface area contributed by atoms with Gasteiger partial charge >= 0.3 is 6.09 Å². The lowest BCUT2D eigenvalue weighted by Crippen LogP contribution is -2.53. The third kappa shape index (κ3) is 6.25. The molecule has 0 aromatic carbocycles. The first-order valence-corrected chi connectivity index (χ1v) is 6.95. The molecule has 1 rings (SSSR count). The molecule has 0 atom stereocenters. The maximum absolute atomic E-state index is 12.3. The number of nitrogens with two attached hydrogens (primary N) is 1. The summed E-state index contributed by atoms with van der Waals surface area (Å²) in [6, 6.07) is 0.159. The fraction of sp³-hybridized carbons (Fsp3) is 0.929. The van der Waals surface area contributed by atoms with Gasteiger partial charge in [0, 0.05) is 31.3 Å². The molecule has 0 aliphatic carbocycles. The molecule has 0 unspecified atom stereocenters. The zero-order chi connectivity index (χ0) is 14.7. The van der Waals surface area contributed by atoms with Crippen molar-refractivity contribution in [2.45, 2.75) is 64.6 Å². The smallest absolute Gasteiger partial charge is 0.410 e. The van der Waals surface area contributed by atoms with Crippen LogP contribution in [0.4, 0.5) is 4.79 Å². The number of rotatable bonds is 3. The molecule has 1 fully saturated rings. The normalized spacial score (nSPS) is 18.2. The molecule has 0 aromatic rings. The van der Waals surface area contributed by atoms with Crippen LogP contribution in [-0.2, 0) is 9.47 Å². The molecule has 5 nitrogen and oxygen atoms in total. The van der Waals surface area contributed by atoms with Crippen LogP contribution in [0.2, 0.25) is 0 Å². The molecule has 1 amide bonds. The summed E-state index contributed by atoms with van der Waals surface area (Å²) in [7, 11) is 0. The van der Waals surface area contributed by atoms with E-state index in [1.807, 2.05) is 34.6 Å². The quantitative estimate of drug-likeness (QED) is 0.855. The lowest BCUT2D eigenvalue weighted by molar-refractivity contribution is -0.0100. The van der Waals surface area contributed by atoms with Crippen LogP contribution >= 0.6 is 0 Å². The molecule has 1 heterocycles. The van der Waals surface area contributed by atoms with Crippen LogP contribution in [0.3, 0.4) is 0 Å². The van der Waals surface area contributed by atoms with E-state index in [9.17, 15) is 4.79 Å². The van der Waals surface area contributed by atoms with Crippen molar-refractivity contribution in [1.82, 2.24) is 4.90 Å². The molecule has 1 aliphatic rings. The molecule has 112 valence electrons. The highest BCUT2D eigenvalue weighted by Crippen LogP contribution is 2.20. The van der Waals surface area contributed by atoms with E-state index in [1.165, 1.54) is 0 Å². The van der Waals surface area contributed by atoms with Gasteiger partial charge in [-0.25, -0.2) is 4.79 Å². The summed E-state index contributed by atoms with van der Waals surface area (Å²) in [4.78, 5) is 14.1. The molecule has 1 aliphatic heterocycles. The van der Waals surface area contributed by atoms with Gasteiger partial charge in [-0.15, -0.1) is 0 Å². The largest absolute Gasteiger partial charge is 0.444 e. The van der Waals surface area contributed by atoms with Crippen molar-refractivity contribution in [3.8, 4) is 0 Å². The van der Waals surface area contributed by atoms with Crippen LogP contribution in [0, 0.1) is 0 Å². The molecular weight excluding hydrogens is 244 g/mol. The maximum Gasteiger partial charge on any atom is 0.410 e. The van der Waals surface area contributed by atoms with E-state index in [4.69, 9.17) is 15.2 Å². The van der Waals surface area contributed by atoms with Crippen molar-refractivity contribution in [3.63, 3.8) is 0 Å².